The van der Waals surface area contributed by atoms with Crippen molar-refractivity contribution in [1.29, 1.82) is 0 Å². The minimum Gasteiger partial charge on any atom is -0.465 e. The third-order valence-corrected chi connectivity index (χ3v) is 7.16. The number of benzene rings is 1. The minimum absolute atomic E-state index is 0.156. The lowest BCUT2D eigenvalue weighted by Crippen LogP contribution is -2.48. The van der Waals surface area contributed by atoms with Crippen LogP contribution in [-0.4, -0.2) is 19.6 Å². The Morgan fingerprint density at radius 2 is 1.62 bits per heavy atom. The van der Waals surface area contributed by atoms with Crippen LogP contribution >= 0.6 is 8.58 Å². The fraction of sp³-hybridized carbons (Fsp3) is 0.714. The molecule has 1 aromatic rings. The van der Waals surface area contributed by atoms with Crippen molar-refractivity contribution in [3.63, 3.8) is 0 Å². The first-order valence-electron chi connectivity index (χ1n) is 9.66. The summed E-state index contributed by atoms with van der Waals surface area (Å²) in [5.74, 6) is 3.89. The summed E-state index contributed by atoms with van der Waals surface area (Å²) in [6.07, 6.45) is 9.70. The lowest BCUT2D eigenvalue weighted by atomic mass is 9.50. The largest absolute Gasteiger partial charge is 0.465 e. The number of ether oxygens (including phenoxy) is 2. The molecule has 3 heteroatoms. The molecular formula is C21H31O2P. The standard InChI is InChI=1S/C21H31O2P/c1-15(23-20-5-3-16(4-6-20)13-24-2)22-14-21-10-17-7-18(11-21)9-19(8-17)12-21/h3-6,15,17-19,24H,7-14H2,1-2H3. The van der Waals surface area contributed by atoms with Gasteiger partial charge in [0, 0.05) is 0 Å². The van der Waals surface area contributed by atoms with Gasteiger partial charge in [0.2, 0.25) is 0 Å². The molecule has 1 aromatic carbocycles. The van der Waals surface area contributed by atoms with Gasteiger partial charge in [-0.15, -0.1) is 8.58 Å². The highest BCUT2D eigenvalue weighted by Gasteiger charge is 2.51. The maximum Gasteiger partial charge on any atom is 0.196 e. The highest BCUT2D eigenvalue weighted by Crippen LogP contribution is 2.60. The summed E-state index contributed by atoms with van der Waals surface area (Å²) in [5, 5.41) is 0. The van der Waals surface area contributed by atoms with Gasteiger partial charge in [-0.25, -0.2) is 0 Å². The van der Waals surface area contributed by atoms with Crippen molar-refractivity contribution < 1.29 is 9.47 Å². The maximum absolute atomic E-state index is 6.19. The van der Waals surface area contributed by atoms with Crippen molar-refractivity contribution in [2.24, 2.45) is 23.2 Å². The van der Waals surface area contributed by atoms with E-state index >= 15 is 0 Å². The highest BCUT2D eigenvalue weighted by molar-refractivity contribution is 7.36. The van der Waals surface area contributed by atoms with Crippen LogP contribution in [0.15, 0.2) is 24.3 Å². The Balaban J connectivity index is 1.29. The molecule has 0 aromatic heterocycles. The molecule has 4 aliphatic rings. The average Bonchev–Trinajstić information content (AvgIpc) is 2.54. The van der Waals surface area contributed by atoms with Gasteiger partial charge in [-0.05, 0) is 99.1 Å². The molecular weight excluding hydrogens is 315 g/mol. The summed E-state index contributed by atoms with van der Waals surface area (Å²) < 4.78 is 12.2. The molecule has 4 aliphatic carbocycles. The summed E-state index contributed by atoms with van der Waals surface area (Å²) in [6.45, 7) is 5.18. The fourth-order valence-electron chi connectivity index (χ4n) is 5.88. The molecule has 4 bridgehead atoms. The lowest BCUT2D eigenvalue weighted by Gasteiger charge is -2.56. The van der Waals surface area contributed by atoms with Crippen molar-refractivity contribution in [3.05, 3.63) is 29.8 Å². The molecule has 0 aliphatic heterocycles. The molecule has 4 saturated carbocycles. The van der Waals surface area contributed by atoms with Crippen LogP contribution in [0.25, 0.3) is 0 Å². The van der Waals surface area contributed by atoms with E-state index in [1.165, 1.54) is 50.3 Å². The van der Waals surface area contributed by atoms with Gasteiger partial charge in [-0.2, -0.15) is 0 Å². The van der Waals surface area contributed by atoms with Crippen LogP contribution in [0.5, 0.6) is 5.75 Å². The van der Waals surface area contributed by atoms with Crippen molar-refractivity contribution in [2.75, 3.05) is 13.3 Å². The topological polar surface area (TPSA) is 18.5 Å². The highest BCUT2D eigenvalue weighted by atomic mass is 31.1. The van der Waals surface area contributed by atoms with Gasteiger partial charge in [-0.1, -0.05) is 12.1 Å². The number of hydrogen-bond donors (Lipinski definition) is 0. The second kappa shape index (κ2) is 6.96. The summed E-state index contributed by atoms with van der Waals surface area (Å²) in [4.78, 5) is 0. The lowest BCUT2D eigenvalue weighted by molar-refractivity contribution is -0.146. The molecule has 0 N–H and O–H groups in total. The van der Waals surface area contributed by atoms with E-state index in [9.17, 15) is 0 Å². The van der Waals surface area contributed by atoms with Crippen molar-refractivity contribution in [1.82, 2.24) is 0 Å². The van der Waals surface area contributed by atoms with Crippen molar-refractivity contribution in [2.45, 2.75) is 57.9 Å². The van der Waals surface area contributed by atoms with E-state index in [1.807, 2.05) is 6.92 Å². The molecule has 0 saturated heterocycles. The van der Waals surface area contributed by atoms with E-state index in [0.29, 0.717) is 5.41 Å². The van der Waals surface area contributed by atoms with Gasteiger partial charge in [0.25, 0.3) is 0 Å². The fourth-order valence-corrected chi connectivity index (χ4v) is 6.52. The van der Waals surface area contributed by atoms with Crippen LogP contribution in [0.4, 0.5) is 0 Å². The normalized spacial score (nSPS) is 35.7. The van der Waals surface area contributed by atoms with E-state index < -0.39 is 0 Å². The Kier molecular flexibility index (Phi) is 4.89. The summed E-state index contributed by atoms with van der Waals surface area (Å²) in [5.41, 5.74) is 1.86. The SMILES string of the molecule is CPCc1ccc(OC(C)OCC23CC4CC(CC(C4)C2)C3)cc1. The third-order valence-electron chi connectivity index (χ3n) is 6.40. The Morgan fingerprint density at radius 1 is 1.04 bits per heavy atom. The predicted octanol–water partition coefficient (Wildman–Crippen LogP) is 5.45. The summed E-state index contributed by atoms with van der Waals surface area (Å²) >= 11 is 0. The molecule has 2 atom stereocenters. The van der Waals surface area contributed by atoms with Gasteiger partial charge < -0.3 is 9.47 Å². The monoisotopic (exact) mass is 346 g/mol. The van der Waals surface area contributed by atoms with E-state index in [0.717, 1.165) is 38.7 Å². The van der Waals surface area contributed by atoms with Gasteiger partial charge in [0.05, 0.1) is 6.61 Å². The van der Waals surface area contributed by atoms with Gasteiger partial charge >= 0.3 is 0 Å². The molecule has 0 spiro atoms. The van der Waals surface area contributed by atoms with Gasteiger partial charge in [-0.3, -0.25) is 0 Å². The Bertz CT molecular complexity index is 518. The molecule has 2 nitrogen and oxygen atoms in total. The van der Waals surface area contributed by atoms with E-state index in [1.54, 1.807) is 0 Å². The first-order chi connectivity index (χ1) is 11.6. The van der Waals surface area contributed by atoms with Crippen LogP contribution < -0.4 is 4.74 Å². The first-order valence-corrected chi connectivity index (χ1v) is 11.4. The number of rotatable bonds is 7. The zero-order chi connectivity index (χ0) is 16.6. The van der Waals surface area contributed by atoms with Gasteiger partial charge in [0.15, 0.2) is 6.29 Å². The van der Waals surface area contributed by atoms with Crippen LogP contribution in [0.3, 0.4) is 0 Å². The average molecular weight is 346 g/mol. The van der Waals surface area contributed by atoms with Crippen molar-refractivity contribution in [3.8, 4) is 5.75 Å². The Morgan fingerprint density at radius 3 is 2.17 bits per heavy atom. The van der Waals surface area contributed by atoms with Gasteiger partial charge in [0.1, 0.15) is 5.75 Å². The maximum atomic E-state index is 6.19. The molecule has 0 radical (unpaired) electrons. The summed E-state index contributed by atoms with van der Waals surface area (Å²) in [7, 11) is 0.966. The minimum atomic E-state index is -0.156. The zero-order valence-electron chi connectivity index (χ0n) is 15.1. The van der Waals surface area contributed by atoms with Crippen LogP contribution in [0, 0.1) is 23.2 Å². The molecule has 0 amide bonds. The van der Waals surface area contributed by atoms with E-state index in [-0.39, 0.29) is 6.29 Å². The van der Waals surface area contributed by atoms with E-state index in [2.05, 4.69) is 30.9 Å². The second-order valence-electron chi connectivity index (χ2n) is 8.59. The van der Waals surface area contributed by atoms with Crippen LogP contribution in [-0.2, 0) is 10.9 Å². The molecule has 4 fully saturated rings. The Labute approximate surface area is 148 Å². The predicted molar refractivity (Wildman–Crippen MR) is 101 cm³/mol. The molecule has 132 valence electrons. The molecule has 5 rings (SSSR count). The smallest absolute Gasteiger partial charge is 0.196 e. The molecule has 24 heavy (non-hydrogen) atoms. The number of hydrogen-bond acceptors (Lipinski definition) is 2. The van der Waals surface area contributed by atoms with Crippen LogP contribution in [0.1, 0.15) is 51.0 Å². The molecule has 2 unspecified atom stereocenters. The summed E-state index contributed by atoms with van der Waals surface area (Å²) in [6, 6.07) is 8.52. The first kappa shape index (κ1) is 16.9. The Hall–Kier alpha value is -0.590. The molecule has 0 heterocycles. The zero-order valence-corrected chi connectivity index (χ0v) is 16.1. The van der Waals surface area contributed by atoms with Crippen LogP contribution in [0.2, 0.25) is 0 Å². The van der Waals surface area contributed by atoms with Crippen molar-refractivity contribution >= 4 is 8.58 Å². The third kappa shape index (κ3) is 3.65. The van der Waals surface area contributed by atoms with E-state index in [4.69, 9.17) is 9.47 Å². The quantitative estimate of drug-likeness (QED) is 0.482. The second-order valence-corrected chi connectivity index (χ2v) is 9.65.